The molecule has 4 heteroatoms. The van der Waals surface area contributed by atoms with Crippen molar-refractivity contribution in [2.75, 3.05) is 19.6 Å². The van der Waals surface area contributed by atoms with Gasteiger partial charge in [0, 0.05) is 50.8 Å². The molecule has 0 bridgehead atoms. The fraction of sp³-hybridized carbons (Fsp3) is 0.333. The number of hydrogen-bond acceptors (Lipinski definition) is 4. The van der Waals surface area contributed by atoms with Crippen LogP contribution in [-0.2, 0) is 6.54 Å². The summed E-state index contributed by atoms with van der Waals surface area (Å²) >= 11 is 0. The molecule has 0 spiro atoms. The highest BCUT2D eigenvalue weighted by molar-refractivity contribution is 5.17. The monoisotopic (exact) mass is 254 g/mol. The Hall–Kier alpha value is -1.78. The fourth-order valence-electron chi connectivity index (χ4n) is 2.55. The summed E-state index contributed by atoms with van der Waals surface area (Å²) in [5, 5.41) is 3.47. The molecule has 0 amide bonds. The van der Waals surface area contributed by atoms with Crippen LogP contribution in [0, 0.1) is 0 Å². The van der Waals surface area contributed by atoms with Crippen molar-refractivity contribution in [3.8, 4) is 0 Å². The molecule has 2 aromatic rings. The lowest BCUT2D eigenvalue weighted by molar-refractivity contribution is 0.152. The lowest BCUT2D eigenvalue weighted by atomic mass is 10.0. The minimum atomic E-state index is 0.402. The van der Waals surface area contributed by atoms with Crippen LogP contribution < -0.4 is 5.32 Å². The molecule has 0 aromatic carbocycles. The van der Waals surface area contributed by atoms with E-state index in [0.29, 0.717) is 6.04 Å². The summed E-state index contributed by atoms with van der Waals surface area (Å²) in [6.45, 7) is 3.96. The summed E-state index contributed by atoms with van der Waals surface area (Å²) in [6.07, 6.45) is 5.59. The molecule has 1 fully saturated rings. The predicted molar refractivity (Wildman–Crippen MR) is 74.5 cm³/mol. The largest absolute Gasteiger partial charge is 0.314 e. The topological polar surface area (TPSA) is 41.0 Å². The van der Waals surface area contributed by atoms with Gasteiger partial charge in [0.2, 0.25) is 0 Å². The Balaban J connectivity index is 1.78. The molecule has 19 heavy (non-hydrogen) atoms. The number of nitrogens with one attached hydrogen (secondary N) is 1. The van der Waals surface area contributed by atoms with Crippen LogP contribution in [0.3, 0.4) is 0 Å². The number of nitrogens with zero attached hydrogens (tertiary/aromatic N) is 3. The summed E-state index contributed by atoms with van der Waals surface area (Å²) in [6, 6.07) is 10.7. The second-order valence-electron chi connectivity index (χ2n) is 4.79. The molecule has 0 aliphatic carbocycles. The van der Waals surface area contributed by atoms with Crippen LogP contribution in [0.15, 0.2) is 48.9 Å². The standard InChI is InChI=1S/C15H18N4/c1-2-6-18-14(3-1)12-19-10-9-17-11-15(19)13-4-7-16-8-5-13/h1-8,15,17H,9-12H2. The van der Waals surface area contributed by atoms with Gasteiger partial charge in [0.15, 0.2) is 0 Å². The zero-order chi connectivity index (χ0) is 12.9. The third kappa shape index (κ3) is 2.97. The molecule has 3 heterocycles. The molecular formula is C15H18N4. The van der Waals surface area contributed by atoms with E-state index in [-0.39, 0.29) is 0 Å². The number of pyridine rings is 2. The SMILES string of the molecule is c1ccc(CN2CCNCC2c2ccncc2)nc1. The Morgan fingerprint density at radius 2 is 2.05 bits per heavy atom. The van der Waals surface area contributed by atoms with E-state index >= 15 is 0 Å². The minimum Gasteiger partial charge on any atom is -0.314 e. The highest BCUT2D eigenvalue weighted by atomic mass is 15.2. The molecule has 98 valence electrons. The van der Waals surface area contributed by atoms with Crippen LogP contribution in [0.4, 0.5) is 0 Å². The molecule has 3 rings (SSSR count). The maximum absolute atomic E-state index is 4.43. The average molecular weight is 254 g/mol. The van der Waals surface area contributed by atoms with Crippen molar-refractivity contribution in [3.05, 3.63) is 60.2 Å². The van der Waals surface area contributed by atoms with Crippen molar-refractivity contribution in [2.24, 2.45) is 0 Å². The lowest BCUT2D eigenvalue weighted by Crippen LogP contribution is -2.45. The van der Waals surface area contributed by atoms with Crippen molar-refractivity contribution in [2.45, 2.75) is 12.6 Å². The normalized spacial score (nSPS) is 20.3. The van der Waals surface area contributed by atoms with E-state index in [1.165, 1.54) is 5.56 Å². The third-order valence-electron chi connectivity index (χ3n) is 3.54. The smallest absolute Gasteiger partial charge is 0.0544 e. The predicted octanol–water partition coefficient (Wildman–Crippen LogP) is 1.62. The van der Waals surface area contributed by atoms with E-state index in [4.69, 9.17) is 0 Å². The first kappa shape index (κ1) is 12.3. The number of piperazine rings is 1. The summed E-state index contributed by atoms with van der Waals surface area (Å²) in [5.74, 6) is 0. The van der Waals surface area contributed by atoms with Crippen LogP contribution >= 0.6 is 0 Å². The number of rotatable bonds is 3. The van der Waals surface area contributed by atoms with Crippen LogP contribution in [0.5, 0.6) is 0 Å². The van der Waals surface area contributed by atoms with E-state index in [2.05, 4.69) is 38.4 Å². The quantitative estimate of drug-likeness (QED) is 0.903. The van der Waals surface area contributed by atoms with E-state index in [0.717, 1.165) is 31.9 Å². The van der Waals surface area contributed by atoms with Gasteiger partial charge in [0.1, 0.15) is 0 Å². The number of hydrogen-bond donors (Lipinski definition) is 1. The molecule has 1 unspecified atom stereocenters. The first-order chi connectivity index (χ1) is 9.43. The summed E-state index contributed by atoms with van der Waals surface area (Å²) in [4.78, 5) is 11.0. The van der Waals surface area contributed by atoms with Gasteiger partial charge in [-0.25, -0.2) is 0 Å². The summed E-state index contributed by atoms with van der Waals surface area (Å²) in [5.41, 5.74) is 2.45. The van der Waals surface area contributed by atoms with E-state index in [1.54, 1.807) is 0 Å². The molecule has 1 aliphatic rings. The van der Waals surface area contributed by atoms with E-state index in [9.17, 15) is 0 Å². The maximum atomic E-state index is 4.43. The molecule has 0 radical (unpaired) electrons. The van der Waals surface area contributed by atoms with Crippen molar-refractivity contribution < 1.29 is 0 Å². The third-order valence-corrected chi connectivity index (χ3v) is 3.54. The van der Waals surface area contributed by atoms with E-state index in [1.807, 2.05) is 30.7 Å². The zero-order valence-electron chi connectivity index (χ0n) is 10.9. The van der Waals surface area contributed by atoms with Gasteiger partial charge in [-0.15, -0.1) is 0 Å². The van der Waals surface area contributed by atoms with Crippen LogP contribution in [-0.4, -0.2) is 34.5 Å². The Kier molecular flexibility index (Phi) is 3.81. The zero-order valence-corrected chi connectivity index (χ0v) is 10.9. The van der Waals surface area contributed by atoms with Gasteiger partial charge in [0.25, 0.3) is 0 Å². The summed E-state index contributed by atoms with van der Waals surface area (Å²) < 4.78 is 0. The Bertz CT molecular complexity index is 500. The van der Waals surface area contributed by atoms with Gasteiger partial charge in [-0.05, 0) is 29.8 Å². The molecule has 1 N–H and O–H groups in total. The molecule has 1 saturated heterocycles. The van der Waals surface area contributed by atoms with Gasteiger partial charge < -0.3 is 5.32 Å². The van der Waals surface area contributed by atoms with Crippen molar-refractivity contribution >= 4 is 0 Å². The van der Waals surface area contributed by atoms with Crippen LogP contribution in [0.25, 0.3) is 0 Å². The van der Waals surface area contributed by atoms with E-state index < -0.39 is 0 Å². The Morgan fingerprint density at radius 3 is 2.84 bits per heavy atom. The second kappa shape index (κ2) is 5.91. The van der Waals surface area contributed by atoms with Gasteiger partial charge in [-0.1, -0.05) is 6.07 Å². The Labute approximate surface area is 113 Å². The fourth-order valence-corrected chi connectivity index (χ4v) is 2.55. The Morgan fingerprint density at radius 1 is 1.16 bits per heavy atom. The second-order valence-corrected chi connectivity index (χ2v) is 4.79. The highest BCUT2D eigenvalue weighted by Gasteiger charge is 2.23. The van der Waals surface area contributed by atoms with Crippen molar-refractivity contribution in [3.63, 3.8) is 0 Å². The minimum absolute atomic E-state index is 0.402. The lowest BCUT2D eigenvalue weighted by Gasteiger charge is -2.36. The molecule has 1 atom stereocenters. The molecule has 4 nitrogen and oxygen atoms in total. The molecule has 2 aromatic heterocycles. The van der Waals surface area contributed by atoms with Gasteiger partial charge in [-0.3, -0.25) is 14.9 Å². The summed E-state index contributed by atoms with van der Waals surface area (Å²) in [7, 11) is 0. The van der Waals surface area contributed by atoms with Crippen molar-refractivity contribution in [1.29, 1.82) is 0 Å². The van der Waals surface area contributed by atoms with Crippen LogP contribution in [0.1, 0.15) is 17.3 Å². The highest BCUT2D eigenvalue weighted by Crippen LogP contribution is 2.22. The average Bonchev–Trinajstić information content (AvgIpc) is 2.50. The van der Waals surface area contributed by atoms with Gasteiger partial charge in [0.05, 0.1) is 5.69 Å². The molecule has 1 aliphatic heterocycles. The van der Waals surface area contributed by atoms with Gasteiger partial charge in [-0.2, -0.15) is 0 Å². The molecular weight excluding hydrogens is 236 g/mol. The maximum Gasteiger partial charge on any atom is 0.0544 e. The molecule has 0 saturated carbocycles. The first-order valence-corrected chi connectivity index (χ1v) is 6.68. The van der Waals surface area contributed by atoms with Crippen molar-refractivity contribution in [1.82, 2.24) is 20.2 Å². The number of aromatic nitrogens is 2. The van der Waals surface area contributed by atoms with Crippen LogP contribution in [0.2, 0.25) is 0 Å². The first-order valence-electron chi connectivity index (χ1n) is 6.68. The van der Waals surface area contributed by atoms with Gasteiger partial charge >= 0.3 is 0 Å².